The first-order valence-corrected chi connectivity index (χ1v) is 14.1. The lowest BCUT2D eigenvalue weighted by atomic mass is 9.40. The fourth-order valence-corrected chi connectivity index (χ4v) is 5.99. The van der Waals surface area contributed by atoms with E-state index in [0.717, 1.165) is 0 Å². The van der Waals surface area contributed by atoms with Crippen molar-refractivity contribution < 1.29 is 0 Å². The lowest BCUT2D eigenvalue weighted by molar-refractivity contribution is 0.815. The molecule has 0 spiro atoms. The van der Waals surface area contributed by atoms with Gasteiger partial charge in [0.05, 0.1) is 11.8 Å². The van der Waals surface area contributed by atoms with Crippen molar-refractivity contribution >= 4 is 35.1 Å². The molecule has 0 bridgehead atoms. The maximum absolute atomic E-state index is 4.03. The normalized spacial score (nSPS) is 12.7. The Morgan fingerprint density at radius 2 is 1.03 bits per heavy atom. The number of benzene rings is 5. The maximum Gasteiger partial charge on any atom is 0.239 e. The first kappa shape index (κ1) is 25.1. The van der Waals surface area contributed by atoms with Crippen LogP contribution in [0.5, 0.6) is 0 Å². The molecule has 5 aromatic carbocycles. The van der Waals surface area contributed by atoms with Gasteiger partial charge in [0.25, 0.3) is 0 Å². The first-order chi connectivity index (χ1) is 19.0. The second kappa shape index (κ2) is 10.5. The zero-order chi connectivity index (χ0) is 26.9. The minimum atomic E-state index is -0.00644. The minimum absolute atomic E-state index is 0.00644. The van der Waals surface area contributed by atoms with Crippen molar-refractivity contribution in [2.75, 3.05) is 0 Å². The molecule has 0 unspecified atom stereocenters. The Morgan fingerprint density at radius 1 is 0.538 bits per heavy atom. The highest BCUT2D eigenvalue weighted by Gasteiger charge is 2.34. The summed E-state index contributed by atoms with van der Waals surface area (Å²) >= 11 is 0. The molecule has 5 aromatic rings. The smallest absolute Gasteiger partial charge is 0.239 e. The number of hydrogen-bond donors (Lipinski definition) is 0. The molecule has 0 radical (unpaired) electrons. The average Bonchev–Trinajstić information content (AvgIpc) is 3.36. The van der Waals surface area contributed by atoms with Crippen LogP contribution in [0.25, 0.3) is 22.3 Å². The van der Waals surface area contributed by atoms with E-state index in [-0.39, 0.29) is 6.71 Å². The van der Waals surface area contributed by atoms with Crippen LogP contribution >= 0.6 is 0 Å². The van der Waals surface area contributed by atoms with Gasteiger partial charge in [-0.15, -0.1) is 0 Å². The molecule has 6 rings (SSSR count). The van der Waals surface area contributed by atoms with Crippen molar-refractivity contribution in [3.8, 4) is 22.3 Å². The number of fused-ring (bicyclic) bond motifs is 1. The summed E-state index contributed by atoms with van der Waals surface area (Å²) in [6.45, 7) is 9.16. The van der Waals surface area contributed by atoms with Gasteiger partial charge in [-0.1, -0.05) is 154 Å². The Bertz CT molecular complexity index is 1560. The minimum Gasteiger partial charge on any atom is -0.330 e. The molecule has 1 nitrogen and oxygen atoms in total. The predicted octanol–water partition coefficient (Wildman–Crippen LogP) is 8.21. The summed E-state index contributed by atoms with van der Waals surface area (Å²) in [4.78, 5) is 0. The Morgan fingerprint density at radius 3 is 1.56 bits per heavy atom. The Kier molecular flexibility index (Phi) is 6.79. The lowest BCUT2D eigenvalue weighted by Gasteiger charge is -2.22. The van der Waals surface area contributed by atoms with E-state index in [1.165, 1.54) is 55.7 Å². The van der Waals surface area contributed by atoms with Crippen LogP contribution in [-0.4, -0.2) is 12.8 Å². The van der Waals surface area contributed by atoms with Gasteiger partial charge in [-0.25, -0.2) is 0 Å². The summed E-state index contributed by atoms with van der Waals surface area (Å²) < 4.78 is 2.38. The summed E-state index contributed by atoms with van der Waals surface area (Å²) in [5.41, 5.74) is 12.8. The molecule has 190 valence electrons. The van der Waals surface area contributed by atoms with E-state index >= 15 is 0 Å². The van der Waals surface area contributed by atoms with E-state index in [4.69, 9.17) is 0 Å². The van der Waals surface area contributed by atoms with Crippen LogP contribution in [0.3, 0.4) is 0 Å². The zero-order valence-corrected chi connectivity index (χ0v) is 23.2. The molecule has 1 aliphatic rings. The maximum atomic E-state index is 4.03. The third-order valence-corrected chi connectivity index (χ3v) is 7.88. The van der Waals surface area contributed by atoms with Gasteiger partial charge in [0.1, 0.15) is 5.69 Å². The van der Waals surface area contributed by atoms with Crippen LogP contribution in [0.15, 0.2) is 121 Å². The molecule has 1 heterocycles. The van der Waals surface area contributed by atoms with Crippen LogP contribution in [0.2, 0.25) is 0 Å². The van der Waals surface area contributed by atoms with Crippen molar-refractivity contribution in [2.45, 2.75) is 39.5 Å². The van der Waals surface area contributed by atoms with Gasteiger partial charge in [0.2, 0.25) is 6.71 Å². The van der Waals surface area contributed by atoms with Crippen molar-refractivity contribution in [3.63, 3.8) is 0 Å². The highest BCUT2D eigenvalue weighted by atomic mass is 15.0. The molecule has 39 heavy (non-hydrogen) atoms. The van der Waals surface area contributed by atoms with E-state index in [9.17, 15) is 0 Å². The van der Waals surface area contributed by atoms with E-state index in [1.807, 2.05) is 0 Å². The summed E-state index contributed by atoms with van der Waals surface area (Å²) in [5, 5.41) is 0. The van der Waals surface area contributed by atoms with Gasteiger partial charge < -0.3 is 4.58 Å². The lowest BCUT2D eigenvalue weighted by Crippen LogP contribution is -2.44. The summed E-state index contributed by atoms with van der Waals surface area (Å²) in [7, 11) is 0. The van der Waals surface area contributed by atoms with Gasteiger partial charge >= 0.3 is 0 Å². The Hall–Kier alpha value is -4.17. The highest BCUT2D eigenvalue weighted by Crippen LogP contribution is 2.37. The van der Waals surface area contributed by atoms with Gasteiger partial charge in [0, 0.05) is 0 Å². The average molecular weight is 503 g/mol. The van der Waals surface area contributed by atoms with Crippen LogP contribution in [0, 0.1) is 0 Å². The van der Waals surface area contributed by atoms with Crippen LogP contribution in [0.4, 0.5) is 11.4 Å². The van der Waals surface area contributed by atoms with Crippen molar-refractivity contribution in [1.82, 2.24) is 4.58 Å². The third kappa shape index (κ3) is 4.55. The predicted molar refractivity (Wildman–Crippen MR) is 170 cm³/mol. The molecule has 1 aliphatic heterocycles. The van der Waals surface area contributed by atoms with Gasteiger partial charge in [-0.3, -0.25) is 0 Å². The SMILES string of the molecule is CC(C)c1cccc(C(C)C)c1[N+]1=[C-]B(c2c(-c3ccccc3)cccc2-c2ccccc2)c2ccccc21. The van der Waals surface area contributed by atoms with Crippen molar-refractivity contribution in [3.05, 3.63) is 132 Å². The number of rotatable bonds is 6. The monoisotopic (exact) mass is 503 g/mol. The molecule has 0 amide bonds. The molecular weight excluding hydrogens is 469 g/mol. The molecule has 0 aliphatic carbocycles. The summed E-state index contributed by atoms with van der Waals surface area (Å²) in [5.74, 6) is 0.811. The second-order valence-corrected chi connectivity index (χ2v) is 11.0. The van der Waals surface area contributed by atoms with Gasteiger partial charge in [-0.05, 0) is 51.3 Å². The molecule has 0 atom stereocenters. The zero-order valence-electron chi connectivity index (χ0n) is 23.2. The van der Waals surface area contributed by atoms with Crippen LogP contribution in [-0.2, 0) is 0 Å². The van der Waals surface area contributed by atoms with Crippen LogP contribution in [0.1, 0.15) is 50.7 Å². The topological polar surface area (TPSA) is 3.01 Å². The van der Waals surface area contributed by atoms with E-state index in [2.05, 4.69) is 160 Å². The largest absolute Gasteiger partial charge is 0.330 e. The Balaban J connectivity index is 1.67. The summed E-state index contributed by atoms with van der Waals surface area (Å²) in [6, 6.07) is 44.0. The fraction of sp³-hybridized carbons (Fsp3) is 0.162. The highest BCUT2D eigenvalue weighted by molar-refractivity contribution is 7.08. The molecular formula is C37H34BN. The Labute approximate surface area is 233 Å². The molecule has 2 heteroatoms. The molecule has 0 aromatic heterocycles. The number of para-hydroxylation sites is 2. The third-order valence-electron chi connectivity index (χ3n) is 7.88. The number of nitrogens with zero attached hydrogens (tertiary/aromatic N) is 1. The van der Waals surface area contributed by atoms with Gasteiger partial charge in [0.15, 0.2) is 0 Å². The van der Waals surface area contributed by atoms with Crippen LogP contribution < -0.4 is 15.5 Å². The molecule has 0 saturated heterocycles. The summed E-state index contributed by atoms with van der Waals surface area (Å²) in [6.07, 6.45) is 4.03. The fourth-order valence-electron chi connectivity index (χ4n) is 5.99. The first-order valence-electron chi connectivity index (χ1n) is 14.1. The number of hydrogen-bond acceptors (Lipinski definition) is 0. The molecule has 0 fully saturated rings. The van der Waals surface area contributed by atoms with Crippen molar-refractivity contribution in [2.24, 2.45) is 0 Å². The van der Waals surface area contributed by atoms with Gasteiger partial charge in [-0.2, -0.15) is 0 Å². The van der Waals surface area contributed by atoms with Crippen molar-refractivity contribution in [1.29, 1.82) is 0 Å². The second-order valence-electron chi connectivity index (χ2n) is 11.0. The molecule has 0 saturated carbocycles. The van der Waals surface area contributed by atoms with E-state index in [0.29, 0.717) is 11.8 Å². The molecule has 0 N–H and O–H groups in total. The standard InChI is InChI=1S/C37H34BN/c1-26(2)30-19-13-20-31(27(3)4)37(30)39-25-38(34-23-11-12-24-35(34)39)36-32(28-15-7-5-8-16-28)21-14-22-33(36)29-17-9-6-10-18-29/h5-24,26-27H,1-4H3. The van der Waals surface area contributed by atoms with E-state index < -0.39 is 0 Å². The quantitative estimate of drug-likeness (QED) is 0.125. The van der Waals surface area contributed by atoms with E-state index in [1.54, 1.807) is 0 Å².